The van der Waals surface area contributed by atoms with Crippen LogP contribution >= 0.6 is 0 Å². The van der Waals surface area contributed by atoms with E-state index in [9.17, 15) is 0 Å². The van der Waals surface area contributed by atoms with Crippen LogP contribution in [0.15, 0.2) is 309 Å². The van der Waals surface area contributed by atoms with Crippen LogP contribution < -0.4 is 78.6 Å². The quantitative estimate of drug-likeness (QED) is 0.140. The highest BCUT2D eigenvalue weighted by atomic mass is 15.2. The molecule has 0 unspecified atom stereocenters. The van der Waals surface area contributed by atoms with Crippen molar-refractivity contribution in [3.05, 3.63) is 376 Å². The minimum absolute atomic E-state index is 0.119. The Morgan fingerprint density at radius 2 is 0.510 bits per heavy atom. The largest absolute Gasteiger partial charge is 0.311 e. The molecule has 12 saturated carbocycles. The van der Waals surface area contributed by atoms with E-state index in [2.05, 4.69) is 401 Å². The van der Waals surface area contributed by atoms with E-state index in [1.807, 2.05) is 0 Å². The molecule has 12 bridgehead atoms. The number of fused-ring (bicyclic) bond motifs is 18. The first kappa shape index (κ1) is 84.8. The van der Waals surface area contributed by atoms with Crippen molar-refractivity contribution in [2.45, 2.75) is 205 Å². The zero-order chi connectivity index (χ0) is 95.0. The van der Waals surface area contributed by atoms with Crippen molar-refractivity contribution in [3.63, 3.8) is 0 Å². The Balaban J connectivity index is 0.0000000981. The Labute approximate surface area is 847 Å². The van der Waals surface area contributed by atoms with Gasteiger partial charge in [-0.3, -0.25) is 0 Å². The Morgan fingerprint density at radius 3 is 0.874 bits per heavy atom. The van der Waals surface area contributed by atoms with Gasteiger partial charge in [-0.15, -0.1) is 0 Å². The van der Waals surface area contributed by atoms with Crippen LogP contribution in [0.1, 0.15) is 236 Å². The summed E-state index contributed by atoms with van der Waals surface area (Å²) in [5, 5.41) is 0. The Bertz CT molecular complexity index is 7790. The van der Waals surface area contributed by atoms with Gasteiger partial charge >= 0.3 is 0 Å². The van der Waals surface area contributed by atoms with Gasteiger partial charge in [0.15, 0.2) is 0 Å². The van der Waals surface area contributed by atoms with Crippen LogP contribution in [-0.4, -0.2) is 20.1 Å². The maximum atomic E-state index is 2.71. The van der Waals surface area contributed by atoms with E-state index in [0.717, 1.165) is 83.9 Å². The summed E-state index contributed by atoms with van der Waals surface area (Å²) >= 11 is 0. The molecule has 12 aliphatic carbocycles. The van der Waals surface area contributed by atoms with E-state index in [1.54, 1.807) is 33.4 Å². The second-order valence-electron chi connectivity index (χ2n) is 48.5. The highest BCUT2D eigenvalue weighted by molar-refractivity contribution is 7.02. The lowest BCUT2D eigenvalue weighted by Crippen LogP contribution is -2.64. The second-order valence-corrected chi connectivity index (χ2v) is 48.5. The molecule has 21 aliphatic rings. The number of benzene rings is 15. The molecule has 9 aliphatic heterocycles. The van der Waals surface area contributed by atoms with Crippen LogP contribution in [0.4, 0.5) is 102 Å². The number of rotatable bonds is 8. The molecule has 0 aromatic heterocycles. The first-order valence-electron chi connectivity index (χ1n) is 55.7. The molecule has 0 saturated heterocycles. The third kappa shape index (κ3) is 11.3. The van der Waals surface area contributed by atoms with Gasteiger partial charge in [-0.1, -0.05) is 262 Å². The minimum atomic E-state index is 0.119. The molecule has 702 valence electrons. The lowest BCUT2D eigenvalue weighted by molar-refractivity contribution is -0.0419. The molecule has 9 heteroatoms. The third-order valence-electron chi connectivity index (χ3n) is 41.0. The average Bonchev–Trinajstić information content (AvgIpc) is 0.668. The first-order chi connectivity index (χ1) is 70.1. The minimum Gasteiger partial charge on any atom is -0.311 e. The fourth-order valence-electron chi connectivity index (χ4n) is 36.2. The first-order valence-corrected chi connectivity index (χ1v) is 55.7. The lowest BCUT2D eigenvalue weighted by atomic mass is 9.32. The summed E-state index contributed by atoms with van der Waals surface area (Å²) in [6.07, 6.45) is 23.4. The van der Waals surface area contributed by atoms with Crippen LogP contribution in [0.3, 0.4) is 0 Å². The van der Waals surface area contributed by atoms with E-state index < -0.39 is 0 Å². The van der Waals surface area contributed by atoms with E-state index in [-0.39, 0.29) is 36.4 Å². The maximum absolute atomic E-state index is 2.71. The molecular formula is C134H127B3N6. The van der Waals surface area contributed by atoms with Crippen LogP contribution in [0.2, 0.25) is 0 Å². The molecule has 3 spiro atoms. The van der Waals surface area contributed by atoms with Crippen molar-refractivity contribution in [2.24, 2.45) is 71.0 Å². The standard InChI is InChI=1S/2C45H43BN2.C44H41BN2/c1-4-28-15-20-37-42(26-28)47(34-18-16-31(17-19-34)27(2)3)40-13-8-14-41-43(40)46(37)38-11-7-10-36-44(38)48(41)39-12-6-5-9-35(39)45(36)32-22-29-21-30(24-32)25-33(45)23-29;1-4-28-15-20-40-38(26-28)46-37-11-7-10-36-44(37)48(42-14-8-13-41(43(42)46)47(40)34-18-16-31(17-19-34)27(2)3)39-12-6-5-9-35(39)45(36)32-22-29-21-30(24-32)25-33(45)23-29;1-26(2)30-17-19-33(20-18-30)46-39-15-8-16-40-41(39)45(36-12-6-9-27(3)42(36)46)37-13-7-11-35-43(37)47(40)38-14-5-4-10-34(38)44(35)31-22-28-21-29(24-31)25-32(44)23-28/h2*5-20,26-27,29-30,32-33H,4,21-25H2,1-3H3;4-20,26,28-29,31-32H,21-25H2,1-3H3. The van der Waals surface area contributed by atoms with Crippen molar-refractivity contribution in [1.29, 1.82) is 0 Å². The molecule has 9 heterocycles. The fourth-order valence-corrected chi connectivity index (χ4v) is 36.2. The van der Waals surface area contributed by atoms with E-state index in [0.29, 0.717) is 17.8 Å². The summed E-state index contributed by atoms with van der Waals surface area (Å²) in [5.74, 6) is 11.6. The van der Waals surface area contributed by atoms with Gasteiger partial charge in [0.25, 0.3) is 20.1 Å². The SMILES string of the molecule is CCc1ccc2c(c1)B1c3cccc4c3N(c3ccccc3C43C4CC5CC(C4)CC3C5)c3cccc(c31)N2c1ccc(C(C)C)cc1.CCc1ccc2c(c1)N(c1ccc(C(C)C)cc1)c1cccc3c1B2c1cccc2c1N3c1ccccc1C21C2CC3CC(C2)CC1C3.Cc1cccc2c1N(c1ccc(C(C)C)cc1)c1cccc3c1B2c1cccc2c1N3c1ccccc1C21C2CC3CC(C2)CC1C3. The highest BCUT2D eigenvalue weighted by Gasteiger charge is 2.67. The second kappa shape index (κ2) is 30.9. The molecule has 0 N–H and O–H groups in total. The van der Waals surface area contributed by atoms with Gasteiger partial charge in [0.2, 0.25) is 0 Å². The smallest absolute Gasteiger partial charge is 0.252 e. The van der Waals surface area contributed by atoms with Crippen molar-refractivity contribution < 1.29 is 0 Å². The molecular weight excluding hydrogens is 1730 g/mol. The predicted molar refractivity (Wildman–Crippen MR) is 601 cm³/mol. The number of hydrogen-bond acceptors (Lipinski definition) is 6. The van der Waals surface area contributed by atoms with Crippen molar-refractivity contribution in [1.82, 2.24) is 0 Å². The number of nitrogens with zero attached hydrogens (tertiary/aromatic N) is 6. The van der Waals surface area contributed by atoms with Gasteiger partial charge in [0.05, 0.1) is 17.1 Å². The van der Waals surface area contributed by atoms with Gasteiger partial charge < -0.3 is 29.4 Å². The van der Waals surface area contributed by atoms with Crippen molar-refractivity contribution >= 4 is 172 Å². The van der Waals surface area contributed by atoms with Crippen LogP contribution in [0.5, 0.6) is 0 Å². The summed E-state index contributed by atoms with van der Waals surface area (Å²) in [6.45, 7) is 21.2. The number of hydrogen-bond donors (Lipinski definition) is 0. The van der Waals surface area contributed by atoms with E-state index >= 15 is 0 Å². The summed E-state index contributed by atoms with van der Waals surface area (Å²) in [4.78, 5) is 15.8. The molecule has 15 aromatic rings. The van der Waals surface area contributed by atoms with Crippen molar-refractivity contribution in [2.75, 3.05) is 29.4 Å². The van der Waals surface area contributed by atoms with Crippen molar-refractivity contribution in [3.8, 4) is 0 Å². The summed E-state index contributed by atoms with van der Waals surface area (Å²) in [7, 11) is 0. The summed E-state index contributed by atoms with van der Waals surface area (Å²) in [6, 6.07) is 122. The van der Waals surface area contributed by atoms with Gasteiger partial charge in [0, 0.05) is 102 Å². The van der Waals surface area contributed by atoms with Gasteiger partial charge in [-0.25, -0.2) is 0 Å². The normalized spacial score (nSPS) is 26.6. The van der Waals surface area contributed by atoms with E-state index in [1.165, 1.54) is 281 Å². The summed E-state index contributed by atoms with van der Waals surface area (Å²) in [5.41, 5.74) is 56.0. The van der Waals surface area contributed by atoms with Gasteiger partial charge in [-0.2, -0.15) is 0 Å². The topological polar surface area (TPSA) is 19.4 Å². The fraction of sp³-hybridized carbons (Fsp3) is 0.328. The lowest BCUT2D eigenvalue weighted by Gasteiger charge is -2.64. The van der Waals surface area contributed by atoms with Crippen LogP contribution in [-0.2, 0) is 29.1 Å². The monoisotopic (exact) mass is 1850 g/mol. The molecule has 0 atom stereocenters. The van der Waals surface area contributed by atoms with Crippen LogP contribution in [0.25, 0.3) is 0 Å². The molecule has 36 rings (SSSR count). The zero-order valence-corrected chi connectivity index (χ0v) is 84.5. The molecule has 12 fully saturated rings. The highest BCUT2D eigenvalue weighted by Crippen LogP contribution is 2.74. The predicted octanol–water partition coefficient (Wildman–Crippen LogP) is 28.3. The molecule has 0 radical (unpaired) electrons. The third-order valence-corrected chi connectivity index (χ3v) is 41.0. The number of aryl methyl sites for hydroxylation is 3. The zero-order valence-electron chi connectivity index (χ0n) is 84.5. The average molecular weight is 1850 g/mol. The van der Waals surface area contributed by atoms with Gasteiger partial charge in [-0.05, 0) is 424 Å². The number of para-hydroxylation sites is 7. The maximum Gasteiger partial charge on any atom is 0.252 e. The Hall–Kier alpha value is -12.7. The molecule has 0 amide bonds. The molecule has 15 aromatic carbocycles. The Morgan fingerprint density at radius 1 is 0.231 bits per heavy atom. The number of anilines is 18. The summed E-state index contributed by atoms with van der Waals surface area (Å²) < 4.78 is 0. The van der Waals surface area contributed by atoms with Crippen LogP contribution in [0, 0.1) is 77.9 Å². The Kier molecular flexibility index (Phi) is 18.3. The molecule has 143 heavy (non-hydrogen) atoms. The van der Waals surface area contributed by atoms with E-state index in [4.69, 9.17) is 0 Å². The molecule has 6 nitrogen and oxygen atoms in total. The van der Waals surface area contributed by atoms with Gasteiger partial charge in [0.1, 0.15) is 0 Å².